The number of methoxy groups -OCH3 is 1. The van der Waals surface area contributed by atoms with Crippen LogP contribution in [0.1, 0.15) is 59.3 Å². The Labute approximate surface area is 227 Å². The van der Waals surface area contributed by atoms with Crippen LogP contribution >= 0.6 is 0 Å². The van der Waals surface area contributed by atoms with E-state index in [1.54, 1.807) is 0 Å². The van der Waals surface area contributed by atoms with Gasteiger partial charge in [0.25, 0.3) is 8.32 Å². The summed E-state index contributed by atoms with van der Waals surface area (Å²) in [6.45, 7) is 6.89. The molecule has 2 N–H and O–H groups in total. The first-order valence-electron chi connectivity index (χ1n) is 13.6. The maximum absolute atomic E-state index is 11.6. The summed E-state index contributed by atoms with van der Waals surface area (Å²) in [5.41, 5.74) is -1.21. The minimum atomic E-state index is -2.66. The van der Waals surface area contributed by atoms with Crippen LogP contribution in [0.15, 0.2) is 60.7 Å². The minimum Gasteiger partial charge on any atom is -0.469 e. The number of fused-ring (bicyclic) bond motifs is 1. The molecule has 2 heterocycles. The fourth-order valence-electron chi connectivity index (χ4n) is 6.19. The van der Waals surface area contributed by atoms with Crippen LogP contribution < -0.4 is 10.4 Å². The number of hydrogen-bond donors (Lipinski definition) is 2. The molecule has 208 valence electrons. The summed E-state index contributed by atoms with van der Waals surface area (Å²) in [6, 6.07) is 21.0. The van der Waals surface area contributed by atoms with Gasteiger partial charge in [-0.2, -0.15) is 0 Å². The summed E-state index contributed by atoms with van der Waals surface area (Å²) in [4.78, 5) is 11.6. The maximum Gasteiger partial charge on any atom is 0.305 e. The van der Waals surface area contributed by atoms with Crippen LogP contribution in [0.25, 0.3) is 0 Å². The zero-order valence-corrected chi connectivity index (χ0v) is 24.0. The van der Waals surface area contributed by atoms with Gasteiger partial charge in [0, 0.05) is 25.9 Å². The molecule has 0 spiro atoms. The molecule has 0 saturated carbocycles. The Kier molecular flexibility index (Phi) is 8.81. The third-order valence-corrected chi connectivity index (χ3v) is 13.2. The lowest BCUT2D eigenvalue weighted by atomic mass is 9.83. The highest BCUT2D eigenvalue weighted by Gasteiger charge is 2.62. The Morgan fingerprint density at radius 3 is 2.13 bits per heavy atom. The molecule has 0 aromatic heterocycles. The molecule has 2 aromatic carbocycles. The first-order valence-corrected chi connectivity index (χ1v) is 15.5. The van der Waals surface area contributed by atoms with Gasteiger partial charge in [0.2, 0.25) is 0 Å². The van der Waals surface area contributed by atoms with Gasteiger partial charge >= 0.3 is 5.97 Å². The van der Waals surface area contributed by atoms with Gasteiger partial charge in [-0.1, -0.05) is 81.4 Å². The lowest BCUT2D eigenvalue weighted by molar-refractivity contribution is -0.321. The summed E-state index contributed by atoms with van der Waals surface area (Å²) in [5, 5.41) is 24.0. The van der Waals surface area contributed by atoms with E-state index in [2.05, 4.69) is 69.3 Å². The molecular weight excluding hydrogens is 500 g/mol. The van der Waals surface area contributed by atoms with E-state index in [1.165, 1.54) is 17.5 Å². The van der Waals surface area contributed by atoms with Gasteiger partial charge in [-0.15, -0.1) is 0 Å². The second kappa shape index (κ2) is 11.6. The molecule has 0 unspecified atom stereocenters. The molecule has 2 aliphatic heterocycles. The Morgan fingerprint density at radius 2 is 1.61 bits per heavy atom. The van der Waals surface area contributed by atoms with Crippen molar-refractivity contribution in [3.8, 4) is 0 Å². The Balaban J connectivity index is 1.50. The standard InChI is InChI=1S/C30H42O7Si/c1-28(2,3)38(25-11-7-5-8-12-25,26-13-9-6-10-14-26)35-20-18-23-17-19-30(33)29(22-31,36-23)21-24(37-30)15-16-27(32)34-4/h5-14,23-24,31,33H,15-22H2,1-4H3/t23-,24+,29-,30+/m1/s1. The van der Waals surface area contributed by atoms with E-state index in [0.29, 0.717) is 38.7 Å². The van der Waals surface area contributed by atoms with Crippen LogP contribution in [0, 0.1) is 0 Å². The predicted octanol–water partition coefficient (Wildman–Crippen LogP) is 3.29. The molecule has 4 rings (SSSR count). The van der Waals surface area contributed by atoms with Gasteiger partial charge in [-0.05, 0) is 34.7 Å². The van der Waals surface area contributed by atoms with Gasteiger partial charge in [-0.3, -0.25) is 4.79 Å². The number of carbonyl (C=O) groups excluding carboxylic acids is 1. The number of benzene rings is 2. The quantitative estimate of drug-likeness (QED) is 0.351. The van der Waals surface area contributed by atoms with Crippen molar-refractivity contribution in [3.05, 3.63) is 60.7 Å². The summed E-state index contributed by atoms with van der Waals surface area (Å²) in [7, 11) is -1.31. The van der Waals surface area contributed by atoms with Gasteiger partial charge in [0.15, 0.2) is 5.79 Å². The zero-order valence-electron chi connectivity index (χ0n) is 23.0. The van der Waals surface area contributed by atoms with E-state index in [-0.39, 0.29) is 30.1 Å². The third kappa shape index (κ3) is 5.48. The number of esters is 1. The molecule has 2 aliphatic rings. The van der Waals surface area contributed by atoms with E-state index in [1.807, 2.05) is 12.1 Å². The van der Waals surface area contributed by atoms with Crippen molar-refractivity contribution < 1.29 is 33.6 Å². The molecule has 7 nitrogen and oxygen atoms in total. The Bertz CT molecular complexity index is 1020. The Morgan fingerprint density at radius 1 is 1.00 bits per heavy atom. The molecule has 0 radical (unpaired) electrons. The largest absolute Gasteiger partial charge is 0.469 e. The highest BCUT2D eigenvalue weighted by molar-refractivity contribution is 6.99. The second-order valence-corrected chi connectivity index (χ2v) is 15.9. The fraction of sp³-hybridized carbons (Fsp3) is 0.567. The molecule has 0 aliphatic carbocycles. The average Bonchev–Trinajstić information content (AvgIpc) is 3.22. The molecule has 2 saturated heterocycles. The molecule has 0 bridgehead atoms. The summed E-state index contributed by atoms with van der Waals surface area (Å²) in [6.07, 6.45) is 1.91. The minimum absolute atomic E-state index is 0.123. The molecule has 2 fully saturated rings. The number of carbonyl (C=O) groups is 1. The van der Waals surface area contributed by atoms with E-state index in [0.717, 1.165) is 0 Å². The van der Waals surface area contributed by atoms with E-state index in [4.69, 9.17) is 18.6 Å². The summed E-state index contributed by atoms with van der Waals surface area (Å²) >= 11 is 0. The van der Waals surface area contributed by atoms with Crippen molar-refractivity contribution >= 4 is 24.7 Å². The van der Waals surface area contributed by atoms with Crippen LogP contribution in [-0.4, -0.2) is 68.4 Å². The van der Waals surface area contributed by atoms with E-state index < -0.39 is 25.8 Å². The first-order chi connectivity index (χ1) is 18.1. The smallest absolute Gasteiger partial charge is 0.305 e. The van der Waals surface area contributed by atoms with E-state index in [9.17, 15) is 15.0 Å². The van der Waals surface area contributed by atoms with Crippen LogP contribution in [0.5, 0.6) is 0 Å². The number of hydrogen-bond acceptors (Lipinski definition) is 7. The molecule has 2 aromatic rings. The van der Waals surface area contributed by atoms with Gasteiger partial charge in [0.1, 0.15) is 5.60 Å². The number of rotatable bonds is 10. The van der Waals surface area contributed by atoms with Crippen molar-refractivity contribution in [1.29, 1.82) is 0 Å². The van der Waals surface area contributed by atoms with Crippen molar-refractivity contribution in [2.45, 2.75) is 87.9 Å². The van der Waals surface area contributed by atoms with E-state index >= 15 is 0 Å². The van der Waals surface area contributed by atoms with Gasteiger partial charge in [0.05, 0.1) is 25.9 Å². The van der Waals surface area contributed by atoms with Crippen LogP contribution in [0.4, 0.5) is 0 Å². The first kappa shape index (κ1) is 28.9. The topological polar surface area (TPSA) is 94.5 Å². The molecule has 8 heteroatoms. The van der Waals surface area contributed by atoms with Crippen molar-refractivity contribution in [3.63, 3.8) is 0 Å². The lowest BCUT2D eigenvalue weighted by Crippen LogP contribution is -2.66. The van der Waals surface area contributed by atoms with Gasteiger partial charge < -0.3 is 28.8 Å². The second-order valence-electron chi connectivity index (χ2n) is 11.6. The fourth-order valence-corrected chi connectivity index (χ4v) is 10.8. The van der Waals surface area contributed by atoms with Gasteiger partial charge in [-0.25, -0.2) is 0 Å². The predicted molar refractivity (Wildman–Crippen MR) is 148 cm³/mol. The summed E-state index contributed by atoms with van der Waals surface area (Å²) in [5.74, 6) is -1.90. The highest BCUT2D eigenvalue weighted by atomic mass is 28.4. The zero-order chi connectivity index (χ0) is 27.4. The van der Waals surface area contributed by atoms with Crippen molar-refractivity contribution in [2.75, 3.05) is 20.3 Å². The SMILES string of the molecule is COC(=O)CC[C@H]1C[C@]2(CO)O[C@@H](CCO[Si](c3ccccc3)(c3ccccc3)C(C)(C)C)CC[C@]2(O)O1. The highest BCUT2D eigenvalue weighted by Crippen LogP contribution is 2.49. The number of aliphatic hydroxyl groups excluding tert-OH is 1. The van der Waals surface area contributed by atoms with Crippen LogP contribution in [-0.2, 0) is 23.4 Å². The molecule has 4 atom stereocenters. The molecular formula is C30H42O7Si. The number of ether oxygens (including phenoxy) is 3. The van der Waals surface area contributed by atoms with Crippen molar-refractivity contribution in [1.82, 2.24) is 0 Å². The van der Waals surface area contributed by atoms with Crippen molar-refractivity contribution in [2.24, 2.45) is 0 Å². The monoisotopic (exact) mass is 542 g/mol. The lowest BCUT2D eigenvalue weighted by Gasteiger charge is -2.47. The normalized spacial score (nSPS) is 27.6. The summed E-state index contributed by atoms with van der Waals surface area (Å²) < 4.78 is 24.1. The maximum atomic E-state index is 11.6. The third-order valence-electron chi connectivity index (χ3n) is 8.16. The average molecular weight is 543 g/mol. The van der Waals surface area contributed by atoms with Crippen LogP contribution in [0.2, 0.25) is 5.04 Å². The Hall–Kier alpha value is -2.07. The number of aliphatic hydroxyl groups is 2. The molecule has 38 heavy (non-hydrogen) atoms. The molecule has 0 amide bonds. The van der Waals surface area contributed by atoms with Crippen LogP contribution in [0.3, 0.4) is 0 Å².